The molecule has 0 aromatic carbocycles. The maximum absolute atomic E-state index is 15.5. The Bertz CT molecular complexity index is 423. The van der Waals surface area contributed by atoms with Crippen molar-refractivity contribution in [2.75, 3.05) is 6.61 Å². The lowest BCUT2D eigenvalue weighted by atomic mass is 9.77. The van der Waals surface area contributed by atoms with Crippen molar-refractivity contribution in [1.82, 2.24) is 0 Å². The summed E-state index contributed by atoms with van der Waals surface area (Å²) in [6, 6.07) is 0. The summed E-state index contributed by atoms with van der Waals surface area (Å²) >= 11 is 0. The molecule has 2 atom stereocenters. The lowest BCUT2D eigenvalue weighted by Crippen LogP contribution is -2.51. The minimum absolute atomic E-state index is 0.0760. The number of esters is 1. The molecule has 0 aromatic rings. The molecule has 2 unspecified atom stereocenters. The Kier molecular flexibility index (Phi) is 6.12. The van der Waals surface area contributed by atoms with Crippen LogP contribution >= 0.6 is 0 Å². The minimum atomic E-state index is -1.95. The maximum atomic E-state index is 15.5. The number of carbonyl (C=O) groups excluding carboxylic acids is 1. The third-order valence-electron chi connectivity index (χ3n) is 5.18. The van der Waals surface area contributed by atoms with E-state index < -0.39 is 31.5 Å². The first-order chi connectivity index (χ1) is 10.2. The highest BCUT2D eigenvalue weighted by Gasteiger charge is 2.51. The molecule has 5 heteroatoms. The van der Waals surface area contributed by atoms with E-state index in [4.69, 9.17) is 9.16 Å². The van der Waals surface area contributed by atoms with Crippen LogP contribution in [0.15, 0.2) is 0 Å². The predicted molar refractivity (Wildman–Crippen MR) is 94.8 cm³/mol. The van der Waals surface area contributed by atoms with Gasteiger partial charge in [-0.3, -0.25) is 0 Å². The average molecular weight is 347 g/mol. The highest BCUT2D eigenvalue weighted by atomic mass is 28.4. The summed E-state index contributed by atoms with van der Waals surface area (Å²) < 4.78 is 27.0. The first-order valence-corrected chi connectivity index (χ1v) is 11.7. The number of ether oxygens (including phenoxy) is 1. The Labute approximate surface area is 142 Å². The van der Waals surface area contributed by atoms with E-state index in [1.165, 1.54) is 0 Å². The first kappa shape index (κ1) is 20.6. The highest BCUT2D eigenvalue weighted by molar-refractivity contribution is 6.74. The van der Waals surface area contributed by atoms with E-state index in [1.54, 1.807) is 20.8 Å². The summed E-state index contributed by atoms with van der Waals surface area (Å²) in [6.07, 6.45) is 2.60. The van der Waals surface area contributed by atoms with Crippen LogP contribution in [0.1, 0.15) is 67.2 Å². The predicted octanol–water partition coefficient (Wildman–Crippen LogP) is 5.25. The van der Waals surface area contributed by atoms with Crippen molar-refractivity contribution >= 4 is 14.3 Å². The number of alkyl halides is 1. The van der Waals surface area contributed by atoms with E-state index in [1.807, 2.05) is 0 Å². The number of hydrogen-bond acceptors (Lipinski definition) is 3. The van der Waals surface area contributed by atoms with Gasteiger partial charge in [0, 0.05) is 12.5 Å². The van der Waals surface area contributed by atoms with Crippen LogP contribution < -0.4 is 0 Å². The third-order valence-corrected chi connectivity index (χ3v) is 9.68. The van der Waals surface area contributed by atoms with Crippen LogP contribution in [-0.2, 0) is 14.0 Å². The number of halogens is 1. The molecule has 0 saturated heterocycles. The van der Waals surface area contributed by atoms with Crippen molar-refractivity contribution in [2.45, 2.75) is 96.6 Å². The second kappa shape index (κ2) is 6.83. The molecule has 0 N–H and O–H groups in total. The lowest BCUT2D eigenvalue weighted by molar-refractivity contribution is -0.177. The Morgan fingerprint density at radius 3 is 2.22 bits per heavy atom. The van der Waals surface area contributed by atoms with Crippen LogP contribution in [0.2, 0.25) is 18.1 Å². The minimum Gasteiger partial charge on any atom is -0.458 e. The van der Waals surface area contributed by atoms with Gasteiger partial charge in [-0.25, -0.2) is 9.18 Å². The van der Waals surface area contributed by atoms with E-state index in [0.29, 0.717) is 13.0 Å². The molecule has 1 rings (SSSR count). The zero-order valence-corrected chi connectivity index (χ0v) is 17.2. The monoisotopic (exact) mass is 346 g/mol. The molecule has 0 bridgehead atoms. The lowest BCUT2D eigenvalue weighted by Gasteiger charge is -2.41. The molecule has 1 aliphatic carbocycles. The molecule has 136 valence electrons. The van der Waals surface area contributed by atoms with Gasteiger partial charge >= 0.3 is 5.97 Å². The van der Waals surface area contributed by atoms with Gasteiger partial charge in [0.2, 0.25) is 5.67 Å². The molecule has 23 heavy (non-hydrogen) atoms. The average Bonchev–Trinajstić information content (AvgIpc) is 2.34. The fourth-order valence-electron chi connectivity index (χ4n) is 2.58. The van der Waals surface area contributed by atoms with Crippen molar-refractivity contribution < 1.29 is 18.3 Å². The van der Waals surface area contributed by atoms with Crippen LogP contribution in [0.4, 0.5) is 4.39 Å². The SMILES string of the molecule is CC(C)(C)OC(=O)C1(F)CCCCC1CO[Si](C)(C)C(C)(C)C. The zero-order valence-electron chi connectivity index (χ0n) is 16.2. The molecule has 0 amide bonds. The molecule has 1 fully saturated rings. The van der Waals surface area contributed by atoms with Crippen LogP contribution in [0, 0.1) is 5.92 Å². The summed E-state index contributed by atoms with van der Waals surface area (Å²) in [5.41, 5.74) is -2.58. The van der Waals surface area contributed by atoms with Crippen LogP contribution in [0.5, 0.6) is 0 Å². The molecular formula is C18H35FO3Si. The van der Waals surface area contributed by atoms with Gasteiger partial charge in [0.15, 0.2) is 8.32 Å². The van der Waals surface area contributed by atoms with E-state index in [9.17, 15) is 4.79 Å². The van der Waals surface area contributed by atoms with E-state index in [0.717, 1.165) is 12.8 Å². The second-order valence-electron chi connectivity index (χ2n) is 9.38. The van der Waals surface area contributed by atoms with Gasteiger partial charge in [-0.1, -0.05) is 27.2 Å². The third kappa shape index (κ3) is 5.28. The molecule has 3 nitrogen and oxygen atoms in total. The number of hydrogen-bond donors (Lipinski definition) is 0. The van der Waals surface area contributed by atoms with Crippen molar-refractivity contribution in [1.29, 1.82) is 0 Å². The fourth-order valence-corrected chi connectivity index (χ4v) is 3.63. The largest absolute Gasteiger partial charge is 0.458 e. The van der Waals surface area contributed by atoms with Gasteiger partial charge in [-0.15, -0.1) is 0 Å². The normalized spacial score (nSPS) is 26.9. The molecule has 0 aromatic heterocycles. The van der Waals surface area contributed by atoms with Crippen LogP contribution in [-0.4, -0.2) is 32.2 Å². The first-order valence-electron chi connectivity index (χ1n) is 8.75. The molecule has 1 aliphatic rings. The Balaban J connectivity index is 2.84. The molecule has 0 spiro atoms. The maximum Gasteiger partial charge on any atom is 0.344 e. The Hall–Kier alpha value is -0.423. The molecular weight excluding hydrogens is 311 g/mol. The van der Waals surface area contributed by atoms with Crippen molar-refractivity contribution in [3.63, 3.8) is 0 Å². The summed E-state index contributed by atoms with van der Waals surface area (Å²) in [5.74, 6) is -1.12. The smallest absolute Gasteiger partial charge is 0.344 e. The molecule has 1 saturated carbocycles. The van der Waals surface area contributed by atoms with Gasteiger partial charge in [0.1, 0.15) is 5.60 Å². The molecule has 0 aliphatic heterocycles. The molecule has 0 radical (unpaired) electrons. The highest BCUT2D eigenvalue weighted by Crippen LogP contribution is 2.42. The van der Waals surface area contributed by atoms with Gasteiger partial charge in [0.25, 0.3) is 0 Å². The van der Waals surface area contributed by atoms with Crippen LogP contribution in [0.3, 0.4) is 0 Å². The van der Waals surface area contributed by atoms with E-state index in [-0.39, 0.29) is 11.5 Å². The van der Waals surface area contributed by atoms with Crippen molar-refractivity contribution in [3.05, 3.63) is 0 Å². The molecule has 0 heterocycles. The van der Waals surface area contributed by atoms with Gasteiger partial charge in [-0.05, 0) is 58.2 Å². The zero-order chi connectivity index (χ0) is 18.1. The van der Waals surface area contributed by atoms with Gasteiger partial charge in [0.05, 0.1) is 0 Å². The number of rotatable bonds is 4. The van der Waals surface area contributed by atoms with Gasteiger partial charge < -0.3 is 9.16 Å². The summed E-state index contributed by atoms with van der Waals surface area (Å²) in [7, 11) is -1.95. The van der Waals surface area contributed by atoms with Crippen molar-refractivity contribution in [3.8, 4) is 0 Å². The quantitative estimate of drug-likeness (QED) is 0.515. The second-order valence-corrected chi connectivity index (χ2v) is 14.2. The summed E-state index contributed by atoms with van der Waals surface area (Å²) in [6.45, 7) is 16.4. The summed E-state index contributed by atoms with van der Waals surface area (Å²) in [5, 5.41) is 0.0760. The van der Waals surface area contributed by atoms with Crippen LogP contribution in [0.25, 0.3) is 0 Å². The topological polar surface area (TPSA) is 35.5 Å². The summed E-state index contributed by atoms with van der Waals surface area (Å²) in [4.78, 5) is 12.4. The van der Waals surface area contributed by atoms with Crippen molar-refractivity contribution in [2.24, 2.45) is 5.92 Å². The van der Waals surface area contributed by atoms with E-state index in [2.05, 4.69) is 33.9 Å². The Morgan fingerprint density at radius 1 is 1.17 bits per heavy atom. The van der Waals surface area contributed by atoms with E-state index >= 15 is 4.39 Å². The standard InChI is InChI=1S/C18H35FO3Si/c1-16(2,3)22-15(20)18(19)12-10-9-11-14(18)13-21-23(7,8)17(4,5)6/h14H,9-13H2,1-8H3. The fraction of sp³-hybridized carbons (Fsp3) is 0.944. The van der Waals surface area contributed by atoms with Gasteiger partial charge in [-0.2, -0.15) is 0 Å². The number of carbonyl (C=O) groups is 1. The Morgan fingerprint density at radius 2 is 1.74 bits per heavy atom.